The van der Waals surface area contributed by atoms with Gasteiger partial charge in [-0.05, 0) is 31.5 Å². The van der Waals surface area contributed by atoms with E-state index in [9.17, 15) is 0 Å². The molecular weight excluding hydrogens is 162 g/mol. The van der Waals surface area contributed by atoms with Crippen molar-refractivity contribution in [2.75, 3.05) is 0 Å². The summed E-state index contributed by atoms with van der Waals surface area (Å²) in [6, 6.07) is 3.98. The largest absolute Gasteiger partial charge is 0.282 e. The molecule has 0 radical (unpaired) electrons. The molecule has 2 heterocycles. The van der Waals surface area contributed by atoms with Crippen molar-refractivity contribution in [1.82, 2.24) is 15.2 Å². The van der Waals surface area contributed by atoms with Gasteiger partial charge >= 0.3 is 0 Å². The Hall–Kier alpha value is -1.64. The van der Waals surface area contributed by atoms with Crippen molar-refractivity contribution in [3.05, 3.63) is 35.9 Å². The molecule has 0 bridgehead atoms. The van der Waals surface area contributed by atoms with Crippen molar-refractivity contribution in [1.29, 1.82) is 0 Å². The van der Waals surface area contributed by atoms with Crippen molar-refractivity contribution < 1.29 is 0 Å². The van der Waals surface area contributed by atoms with Crippen LogP contribution in [0.1, 0.15) is 11.4 Å². The zero-order chi connectivity index (χ0) is 9.26. The maximum atomic E-state index is 4.15. The maximum Gasteiger partial charge on any atom is 0.0672 e. The molecule has 2 aromatic heterocycles. The summed E-state index contributed by atoms with van der Waals surface area (Å²) in [5, 5.41) is 7.11. The zero-order valence-corrected chi connectivity index (χ0v) is 7.70. The van der Waals surface area contributed by atoms with Gasteiger partial charge in [-0.2, -0.15) is 5.10 Å². The average molecular weight is 173 g/mol. The molecule has 3 nitrogen and oxygen atoms in total. The molecule has 0 atom stereocenters. The molecule has 66 valence electrons. The molecule has 0 aliphatic heterocycles. The predicted molar refractivity (Wildman–Crippen MR) is 51.3 cm³/mol. The normalized spacial score (nSPS) is 10.3. The molecule has 3 heteroatoms. The van der Waals surface area contributed by atoms with Gasteiger partial charge in [-0.3, -0.25) is 10.1 Å². The molecule has 0 aliphatic rings. The number of aromatic amines is 1. The summed E-state index contributed by atoms with van der Waals surface area (Å²) in [7, 11) is 0. The van der Waals surface area contributed by atoms with Crippen molar-refractivity contribution in [2.24, 2.45) is 0 Å². The Labute approximate surface area is 76.8 Å². The number of rotatable bonds is 1. The minimum absolute atomic E-state index is 1.03. The number of H-pyrrole nitrogens is 1. The molecule has 2 aromatic rings. The number of hydrogen-bond donors (Lipinski definition) is 1. The quantitative estimate of drug-likeness (QED) is 0.717. The summed E-state index contributed by atoms with van der Waals surface area (Å²) in [6.45, 7) is 4.02. The monoisotopic (exact) mass is 173 g/mol. The van der Waals surface area contributed by atoms with E-state index < -0.39 is 0 Å². The lowest BCUT2D eigenvalue weighted by Crippen LogP contribution is -1.81. The highest BCUT2D eigenvalue weighted by Gasteiger charge is 2.07. The summed E-state index contributed by atoms with van der Waals surface area (Å²) in [4.78, 5) is 3.98. The summed E-state index contributed by atoms with van der Waals surface area (Å²) in [5.74, 6) is 0. The van der Waals surface area contributed by atoms with E-state index in [-0.39, 0.29) is 0 Å². The van der Waals surface area contributed by atoms with E-state index >= 15 is 0 Å². The van der Waals surface area contributed by atoms with Gasteiger partial charge in [-0.25, -0.2) is 0 Å². The molecule has 0 amide bonds. The third-order valence-electron chi connectivity index (χ3n) is 2.10. The lowest BCUT2D eigenvalue weighted by molar-refractivity contribution is 1.02. The first-order chi connectivity index (χ1) is 6.29. The van der Waals surface area contributed by atoms with Crippen LogP contribution < -0.4 is 0 Å². The fourth-order valence-corrected chi connectivity index (χ4v) is 1.49. The summed E-state index contributed by atoms with van der Waals surface area (Å²) < 4.78 is 0. The summed E-state index contributed by atoms with van der Waals surface area (Å²) >= 11 is 0. The molecular formula is C10H11N3. The van der Waals surface area contributed by atoms with Gasteiger partial charge in [0.05, 0.1) is 5.69 Å². The standard InChI is InChI=1S/C10H11N3/c1-7-10(8(2)13-12-7)9-3-5-11-6-4-9/h3-6H,1-2H3,(H,12,13). The van der Waals surface area contributed by atoms with Crippen LogP contribution >= 0.6 is 0 Å². The van der Waals surface area contributed by atoms with Crippen LogP contribution in [0, 0.1) is 13.8 Å². The van der Waals surface area contributed by atoms with Crippen LogP contribution in [-0.4, -0.2) is 15.2 Å². The highest BCUT2D eigenvalue weighted by molar-refractivity contribution is 5.67. The van der Waals surface area contributed by atoms with E-state index in [4.69, 9.17) is 0 Å². The van der Waals surface area contributed by atoms with Crippen LogP contribution in [0.2, 0.25) is 0 Å². The van der Waals surface area contributed by atoms with E-state index in [0.29, 0.717) is 0 Å². The molecule has 0 saturated carbocycles. The van der Waals surface area contributed by atoms with Crippen LogP contribution in [0.25, 0.3) is 11.1 Å². The van der Waals surface area contributed by atoms with E-state index in [0.717, 1.165) is 11.4 Å². The smallest absolute Gasteiger partial charge is 0.0672 e. The number of hydrogen-bond acceptors (Lipinski definition) is 2. The molecule has 0 fully saturated rings. The number of aryl methyl sites for hydroxylation is 2. The van der Waals surface area contributed by atoms with E-state index in [1.807, 2.05) is 26.0 Å². The first kappa shape index (κ1) is 7.98. The molecule has 2 rings (SSSR count). The van der Waals surface area contributed by atoms with Gasteiger partial charge in [-0.1, -0.05) is 0 Å². The predicted octanol–water partition coefficient (Wildman–Crippen LogP) is 2.09. The molecule has 0 aromatic carbocycles. The molecule has 0 unspecified atom stereocenters. The second-order valence-corrected chi connectivity index (χ2v) is 3.04. The third-order valence-corrected chi connectivity index (χ3v) is 2.10. The summed E-state index contributed by atoms with van der Waals surface area (Å²) in [6.07, 6.45) is 3.59. The summed E-state index contributed by atoms with van der Waals surface area (Å²) in [5.41, 5.74) is 4.48. The Morgan fingerprint density at radius 3 is 2.38 bits per heavy atom. The second-order valence-electron chi connectivity index (χ2n) is 3.04. The lowest BCUT2D eigenvalue weighted by Gasteiger charge is -1.99. The van der Waals surface area contributed by atoms with E-state index in [2.05, 4.69) is 15.2 Å². The van der Waals surface area contributed by atoms with Crippen molar-refractivity contribution in [3.63, 3.8) is 0 Å². The Balaban J connectivity index is 2.59. The fourth-order valence-electron chi connectivity index (χ4n) is 1.49. The van der Waals surface area contributed by atoms with Crippen molar-refractivity contribution in [2.45, 2.75) is 13.8 Å². The topological polar surface area (TPSA) is 41.6 Å². The highest BCUT2D eigenvalue weighted by atomic mass is 15.1. The maximum absolute atomic E-state index is 4.15. The minimum Gasteiger partial charge on any atom is -0.282 e. The second kappa shape index (κ2) is 3.01. The number of nitrogens with one attached hydrogen (secondary N) is 1. The van der Waals surface area contributed by atoms with Gasteiger partial charge in [0.15, 0.2) is 0 Å². The lowest BCUT2D eigenvalue weighted by atomic mass is 10.1. The van der Waals surface area contributed by atoms with E-state index in [1.54, 1.807) is 12.4 Å². The SMILES string of the molecule is Cc1n[nH]c(C)c1-c1ccncc1. The fraction of sp³-hybridized carbons (Fsp3) is 0.200. The van der Waals surface area contributed by atoms with Crippen LogP contribution in [0.4, 0.5) is 0 Å². The molecule has 13 heavy (non-hydrogen) atoms. The van der Waals surface area contributed by atoms with Crippen LogP contribution in [0.5, 0.6) is 0 Å². The van der Waals surface area contributed by atoms with Crippen LogP contribution in [0.3, 0.4) is 0 Å². The zero-order valence-electron chi connectivity index (χ0n) is 7.70. The van der Waals surface area contributed by atoms with Gasteiger partial charge < -0.3 is 0 Å². The van der Waals surface area contributed by atoms with Crippen molar-refractivity contribution >= 4 is 0 Å². The molecule has 0 saturated heterocycles. The van der Waals surface area contributed by atoms with Gasteiger partial charge in [0.25, 0.3) is 0 Å². The number of nitrogens with zero attached hydrogens (tertiary/aromatic N) is 2. The first-order valence-corrected chi connectivity index (χ1v) is 4.21. The average Bonchev–Trinajstić information content (AvgIpc) is 2.48. The van der Waals surface area contributed by atoms with Crippen molar-refractivity contribution in [3.8, 4) is 11.1 Å². The van der Waals surface area contributed by atoms with Gasteiger partial charge in [-0.15, -0.1) is 0 Å². The van der Waals surface area contributed by atoms with Gasteiger partial charge in [0.1, 0.15) is 0 Å². The third kappa shape index (κ3) is 1.33. The van der Waals surface area contributed by atoms with Gasteiger partial charge in [0.2, 0.25) is 0 Å². The Bertz CT molecular complexity index is 384. The molecule has 1 N–H and O–H groups in total. The van der Waals surface area contributed by atoms with Gasteiger partial charge in [0, 0.05) is 23.7 Å². The Kier molecular flexibility index (Phi) is 1.85. The Morgan fingerprint density at radius 2 is 1.85 bits per heavy atom. The molecule has 0 aliphatic carbocycles. The Morgan fingerprint density at radius 1 is 1.15 bits per heavy atom. The van der Waals surface area contributed by atoms with E-state index in [1.165, 1.54) is 11.1 Å². The number of pyridine rings is 1. The molecule has 0 spiro atoms. The van der Waals surface area contributed by atoms with Crippen LogP contribution in [0.15, 0.2) is 24.5 Å². The first-order valence-electron chi connectivity index (χ1n) is 4.21. The minimum atomic E-state index is 1.03. The van der Waals surface area contributed by atoms with Crippen LogP contribution in [-0.2, 0) is 0 Å². The highest BCUT2D eigenvalue weighted by Crippen LogP contribution is 2.23. The number of aromatic nitrogens is 3.